The van der Waals surface area contributed by atoms with Gasteiger partial charge in [-0.1, -0.05) is 152 Å². The molecule has 12 atom stereocenters. The Hall–Kier alpha value is -4.34. The van der Waals surface area contributed by atoms with E-state index in [2.05, 4.69) is 0 Å². The summed E-state index contributed by atoms with van der Waals surface area (Å²) in [5, 5.41) is 0. The zero-order valence-corrected chi connectivity index (χ0v) is 32.9. The molecule has 0 saturated carbocycles. The van der Waals surface area contributed by atoms with Gasteiger partial charge in [-0.15, -0.1) is 0 Å². The van der Waals surface area contributed by atoms with Gasteiger partial charge in [0.05, 0.1) is 33.0 Å². The van der Waals surface area contributed by atoms with Crippen molar-refractivity contribution in [1.29, 1.82) is 0 Å². The summed E-state index contributed by atoms with van der Waals surface area (Å²) in [6, 6.07) is 49.8. The monoisotopic (exact) mass is 802 g/mol. The molecule has 11 heteroatoms. The summed E-state index contributed by atoms with van der Waals surface area (Å²) in [7, 11) is 1.59. The van der Waals surface area contributed by atoms with E-state index in [1.54, 1.807) is 7.11 Å². The van der Waals surface area contributed by atoms with Crippen LogP contribution in [0.15, 0.2) is 152 Å². The summed E-state index contributed by atoms with van der Waals surface area (Å²) in [5.41, 5.74) is 4.77. The molecule has 4 aliphatic heterocycles. The van der Waals surface area contributed by atoms with E-state index in [0.29, 0.717) is 13.2 Å². The van der Waals surface area contributed by atoms with E-state index >= 15 is 0 Å². The highest BCUT2D eigenvalue weighted by atomic mass is 16.8. The Kier molecular flexibility index (Phi) is 13.2. The Morgan fingerprint density at radius 1 is 0.424 bits per heavy atom. The van der Waals surface area contributed by atoms with E-state index in [0.717, 1.165) is 27.8 Å². The van der Waals surface area contributed by atoms with Crippen molar-refractivity contribution in [3.63, 3.8) is 0 Å². The first-order valence-electron chi connectivity index (χ1n) is 20.3. The van der Waals surface area contributed by atoms with Crippen molar-refractivity contribution in [2.75, 3.05) is 20.3 Å². The summed E-state index contributed by atoms with van der Waals surface area (Å²) in [4.78, 5) is 0. The van der Waals surface area contributed by atoms with E-state index in [1.165, 1.54) is 0 Å². The first-order valence-corrected chi connectivity index (χ1v) is 20.3. The number of methoxy groups -OCH3 is 1. The maximum Gasteiger partial charge on any atom is 0.187 e. The smallest absolute Gasteiger partial charge is 0.187 e. The molecule has 4 fully saturated rings. The molecule has 5 aromatic carbocycles. The Labute approximate surface area is 344 Å². The highest BCUT2D eigenvalue weighted by Gasteiger charge is 2.57. The van der Waals surface area contributed by atoms with Gasteiger partial charge in [0.15, 0.2) is 25.2 Å². The van der Waals surface area contributed by atoms with Crippen LogP contribution in [-0.4, -0.2) is 81.7 Å². The van der Waals surface area contributed by atoms with Crippen LogP contribution in [0.3, 0.4) is 0 Å². The van der Waals surface area contributed by atoms with Crippen molar-refractivity contribution in [2.24, 2.45) is 0 Å². The van der Waals surface area contributed by atoms with Gasteiger partial charge in [-0.3, -0.25) is 0 Å². The van der Waals surface area contributed by atoms with Crippen LogP contribution >= 0.6 is 0 Å². The van der Waals surface area contributed by atoms with Crippen LogP contribution in [0, 0.1) is 0 Å². The lowest BCUT2D eigenvalue weighted by atomic mass is 9.95. The molecule has 9 rings (SSSR count). The predicted octanol–water partition coefficient (Wildman–Crippen LogP) is 7.45. The molecule has 0 aliphatic carbocycles. The molecule has 0 aromatic heterocycles. The molecule has 4 aliphatic rings. The number of rotatable bonds is 14. The Morgan fingerprint density at radius 2 is 0.797 bits per heavy atom. The van der Waals surface area contributed by atoms with Gasteiger partial charge in [0.25, 0.3) is 0 Å². The van der Waals surface area contributed by atoms with Crippen molar-refractivity contribution in [3.05, 3.63) is 179 Å². The molecule has 11 nitrogen and oxygen atoms in total. The normalized spacial score (nSPS) is 31.8. The van der Waals surface area contributed by atoms with Crippen molar-refractivity contribution in [1.82, 2.24) is 0 Å². The molecule has 5 aromatic rings. The lowest BCUT2D eigenvalue weighted by Crippen LogP contribution is -2.67. The molecule has 0 spiro atoms. The molecule has 59 heavy (non-hydrogen) atoms. The third kappa shape index (κ3) is 9.52. The molecule has 4 saturated heterocycles. The molecule has 0 N–H and O–H groups in total. The van der Waals surface area contributed by atoms with Gasteiger partial charge < -0.3 is 52.1 Å². The largest absolute Gasteiger partial charge is 0.368 e. The highest BCUT2D eigenvalue weighted by molar-refractivity contribution is 5.19. The second-order valence-corrected chi connectivity index (χ2v) is 15.1. The molecular formula is C48H50O11. The summed E-state index contributed by atoms with van der Waals surface area (Å²) < 4.78 is 73.2. The molecule has 4 heterocycles. The van der Waals surface area contributed by atoms with Crippen LogP contribution in [-0.2, 0) is 71.9 Å². The molecule has 0 amide bonds. The van der Waals surface area contributed by atoms with Crippen molar-refractivity contribution in [2.45, 2.75) is 93.8 Å². The minimum atomic E-state index is -1.00. The van der Waals surface area contributed by atoms with E-state index in [4.69, 9.17) is 52.1 Å². The van der Waals surface area contributed by atoms with E-state index < -0.39 is 74.0 Å². The Morgan fingerprint density at radius 3 is 1.22 bits per heavy atom. The molecule has 2 unspecified atom stereocenters. The lowest BCUT2D eigenvalue weighted by molar-refractivity contribution is -0.411. The molecular weight excluding hydrogens is 753 g/mol. The van der Waals surface area contributed by atoms with Gasteiger partial charge in [-0.2, -0.15) is 0 Å². The number of hydrogen-bond donors (Lipinski definition) is 0. The van der Waals surface area contributed by atoms with Gasteiger partial charge in [-0.05, 0) is 16.7 Å². The first-order chi connectivity index (χ1) is 29.2. The second-order valence-electron chi connectivity index (χ2n) is 15.1. The number of benzene rings is 5. The Bertz CT molecular complexity index is 1990. The van der Waals surface area contributed by atoms with Crippen molar-refractivity contribution < 1.29 is 52.1 Å². The van der Waals surface area contributed by atoms with Crippen LogP contribution in [0.2, 0.25) is 0 Å². The van der Waals surface area contributed by atoms with Gasteiger partial charge in [0, 0.05) is 18.2 Å². The molecule has 308 valence electrons. The number of fused-ring (bicyclic) bond motifs is 2. The average Bonchev–Trinajstić information content (AvgIpc) is 3.31. The van der Waals surface area contributed by atoms with Crippen LogP contribution in [0.5, 0.6) is 0 Å². The SMILES string of the molecule is CO[C@H]1O[C@@H]2COC(c3ccccc3)O[C@H]2[C@H](OCc2ccccc2)[C@@H]1O[C@@H]1O[C@@H]2COC(c3ccccc3)O[C@H]2[C@H](OCc2ccccc2)[C@@H]1OCc1ccccc1. The third-order valence-electron chi connectivity index (χ3n) is 11.1. The molecule has 0 bridgehead atoms. The minimum Gasteiger partial charge on any atom is -0.368 e. The quantitative estimate of drug-likeness (QED) is 0.112. The zero-order chi connectivity index (χ0) is 39.8. The van der Waals surface area contributed by atoms with Gasteiger partial charge in [0.2, 0.25) is 0 Å². The van der Waals surface area contributed by atoms with Crippen LogP contribution < -0.4 is 0 Å². The fraction of sp³-hybridized carbons (Fsp3) is 0.375. The summed E-state index contributed by atoms with van der Waals surface area (Å²) in [6.45, 7) is 1.36. The number of hydrogen-bond acceptors (Lipinski definition) is 11. The maximum absolute atomic E-state index is 7.14. The van der Waals surface area contributed by atoms with Crippen LogP contribution in [0.4, 0.5) is 0 Å². The average molecular weight is 803 g/mol. The third-order valence-corrected chi connectivity index (χ3v) is 11.1. The van der Waals surface area contributed by atoms with Gasteiger partial charge in [-0.25, -0.2) is 0 Å². The van der Waals surface area contributed by atoms with Crippen LogP contribution in [0.25, 0.3) is 0 Å². The van der Waals surface area contributed by atoms with E-state index in [-0.39, 0.29) is 19.8 Å². The second kappa shape index (κ2) is 19.4. The predicted molar refractivity (Wildman–Crippen MR) is 214 cm³/mol. The topological polar surface area (TPSA) is 102 Å². The lowest BCUT2D eigenvalue weighted by Gasteiger charge is -2.52. The fourth-order valence-electron chi connectivity index (χ4n) is 8.11. The zero-order valence-electron chi connectivity index (χ0n) is 32.9. The fourth-order valence-corrected chi connectivity index (χ4v) is 8.11. The maximum atomic E-state index is 7.14. The Balaban J connectivity index is 1.05. The minimum absolute atomic E-state index is 0.230. The summed E-state index contributed by atoms with van der Waals surface area (Å²) in [5.74, 6) is 0. The van der Waals surface area contributed by atoms with E-state index in [1.807, 2.05) is 152 Å². The first kappa shape index (κ1) is 40.1. The standard InChI is InChI=1S/C48H50O11/c1-49-47-44(42(51-28-33-19-9-3-10-20-33)40-37(55-47)30-53-46(58-40)36-25-15-6-16-26-36)59-48-43(52-29-34-21-11-4-12-22-34)41(50-27-32-17-7-2-8-18-32)39-38(56-48)31-54-45(57-39)35-23-13-5-14-24-35/h2-26,37-48H,27-31H2,1H3/t37-,38-,39-,40-,41+,42+,43+,44+,45?,46?,47+,48+/m1/s1. The molecule has 0 radical (unpaired) electrons. The highest BCUT2D eigenvalue weighted by Crippen LogP contribution is 2.41. The summed E-state index contributed by atoms with van der Waals surface area (Å²) in [6.07, 6.45) is -8.34. The number of ether oxygens (including phenoxy) is 11. The summed E-state index contributed by atoms with van der Waals surface area (Å²) >= 11 is 0. The van der Waals surface area contributed by atoms with Gasteiger partial charge in [0.1, 0.15) is 48.8 Å². The van der Waals surface area contributed by atoms with Crippen molar-refractivity contribution in [3.8, 4) is 0 Å². The van der Waals surface area contributed by atoms with Crippen LogP contribution in [0.1, 0.15) is 40.4 Å². The van der Waals surface area contributed by atoms with Crippen molar-refractivity contribution >= 4 is 0 Å². The van der Waals surface area contributed by atoms with E-state index in [9.17, 15) is 0 Å². The van der Waals surface area contributed by atoms with Gasteiger partial charge >= 0.3 is 0 Å².